The van der Waals surface area contributed by atoms with Crippen LogP contribution < -0.4 is 15.4 Å². The molecule has 4 atom stereocenters. The van der Waals surface area contributed by atoms with E-state index < -0.39 is 6.10 Å². The van der Waals surface area contributed by atoms with Crippen molar-refractivity contribution in [3.05, 3.63) is 58.6 Å². The summed E-state index contributed by atoms with van der Waals surface area (Å²) in [5.74, 6) is 0.261. The van der Waals surface area contributed by atoms with Gasteiger partial charge in [-0.2, -0.15) is 0 Å². The van der Waals surface area contributed by atoms with Crippen LogP contribution in [-0.4, -0.2) is 55.6 Å². The number of ether oxygens (including phenoxy) is 3. The van der Waals surface area contributed by atoms with E-state index in [0.29, 0.717) is 29.4 Å². The SMILES string of the molecule is COCC(=O)Nc1ccc2c(c1)[C@H]1C[C@H](CC(=O)NCc3ccc(Cl)cc3)O[C@H](CO)[C@H]1O2. The molecule has 2 aliphatic rings. The summed E-state index contributed by atoms with van der Waals surface area (Å²) in [7, 11) is 1.46. The predicted octanol–water partition coefficient (Wildman–Crippen LogP) is 2.63. The summed E-state index contributed by atoms with van der Waals surface area (Å²) in [4.78, 5) is 24.4. The quantitative estimate of drug-likeness (QED) is 0.543. The number of aliphatic hydroxyl groups is 1. The van der Waals surface area contributed by atoms with Crippen LogP contribution in [0.15, 0.2) is 42.5 Å². The number of methoxy groups -OCH3 is 1. The Labute approximate surface area is 197 Å². The van der Waals surface area contributed by atoms with Gasteiger partial charge in [0.15, 0.2) is 0 Å². The predicted molar refractivity (Wildman–Crippen MR) is 122 cm³/mol. The molecule has 0 aromatic heterocycles. The maximum Gasteiger partial charge on any atom is 0.250 e. The Kier molecular flexibility index (Phi) is 7.49. The van der Waals surface area contributed by atoms with Gasteiger partial charge in [0.05, 0.1) is 19.1 Å². The number of nitrogens with one attached hydrogen (secondary N) is 2. The van der Waals surface area contributed by atoms with Gasteiger partial charge in [-0.05, 0) is 42.3 Å². The molecule has 2 aliphatic heterocycles. The van der Waals surface area contributed by atoms with Gasteiger partial charge in [-0.15, -0.1) is 0 Å². The Hall–Kier alpha value is -2.65. The summed E-state index contributed by atoms with van der Waals surface area (Å²) in [6.45, 7) is 0.150. The van der Waals surface area contributed by atoms with Crippen molar-refractivity contribution in [2.45, 2.75) is 43.6 Å². The molecule has 8 nitrogen and oxygen atoms in total. The number of amides is 2. The Balaban J connectivity index is 1.41. The molecule has 176 valence electrons. The van der Waals surface area contributed by atoms with Gasteiger partial charge in [0.1, 0.15) is 24.6 Å². The van der Waals surface area contributed by atoms with Crippen LogP contribution in [0.2, 0.25) is 5.02 Å². The number of halogens is 1. The number of carbonyl (C=O) groups excluding carboxylic acids is 2. The fourth-order valence-electron chi connectivity index (χ4n) is 4.38. The highest BCUT2D eigenvalue weighted by molar-refractivity contribution is 6.30. The van der Waals surface area contributed by atoms with E-state index in [-0.39, 0.29) is 49.6 Å². The van der Waals surface area contributed by atoms with Crippen molar-refractivity contribution in [2.75, 3.05) is 25.6 Å². The molecule has 0 saturated carbocycles. The molecule has 2 aromatic carbocycles. The van der Waals surface area contributed by atoms with Gasteiger partial charge in [0, 0.05) is 35.8 Å². The standard InChI is InChI=1S/C24H27ClN2O6/c1-31-13-23(30)27-16-6-7-20-18(8-16)19-9-17(32-21(12-28)24(19)33-20)10-22(29)26-11-14-2-4-15(25)5-3-14/h2-8,17,19,21,24,28H,9-13H2,1H3,(H,26,29)(H,27,30)/t17-,19-,21-,24+/m1/s1. The second kappa shape index (κ2) is 10.5. The Morgan fingerprint density at radius 2 is 1.97 bits per heavy atom. The highest BCUT2D eigenvalue weighted by Gasteiger charge is 2.46. The first-order valence-corrected chi connectivity index (χ1v) is 11.2. The third-order valence-corrected chi connectivity index (χ3v) is 6.13. The topological polar surface area (TPSA) is 106 Å². The van der Waals surface area contributed by atoms with Crippen molar-refractivity contribution in [1.82, 2.24) is 5.32 Å². The Morgan fingerprint density at radius 3 is 2.70 bits per heavy atom. The van der Waals surface area contributed by atoms with E-state index >= 15 is 0 Å². The summed E-state index contributed by atoms with van der Waals surface area (Å²) in [6, 6.07) is 12.7. The fraction of sp³-hybridized carbons (Fsp3) is 0.417. The van der Waals surface area contributed by atoms with Gasteiger partial charge in [-0.25, -0.2) is 0 Å². The Bertz CT molecular complexity index is 999. The van der Waals surface area contributed by atoms with E-state index in [4.69, 9.17) is 25.8 Å². The number of aliphatic hydroxyl groups excluding tert-OH is 1. The zero-order valence-corrected chi connectivity index (χ0v) is 19.0. The molecule has 2 amide bonds. The van der Waals surface area contributed by atoms with Crippen LogP contribution in [0.5, 0.6) is 5.75 Å². The number of rotatable bonds is 8. The largest absolute Gasteiger partial charge is 0.487 e. The van der Waals surface area contributed by atoms with Crippen LogP contribution in [0.25, 0.3) is 0 Å². The summed E-state index contributed by atoms with van der Waals surface area (Å²) >= 11 is 5.90. The van der Waals surface area contributed by atoms with Gasteiger partial charge >= 0.3 is 0 Å². The normalized spacial score (nSPS) is 23.2. The minimum absolute atomic E-state index is 0.0345. The van der Waals surface area contributed by atoms with E-state index in [9.17, 15) is 14.7 Å². The van der Waals surface area contributed by atoms with Crippen LogP contribution in [0.4, 0.5) is 5.69 Å². The lowest BCUT2D eigenvalue weighted by Gasteiger charge is -2.37. The third kappa shape index (κ3) is 5.65. The molecule has 0 bridgehead atoms. The molecule has 1 fully saturated rings. The minimum atomic E-state index is -0.545. The van der Waals surface area contributed by atoms with E-state index in [2.05, 4.69) is 10.6 Å². The first-order chi connectivity index (χ1) is 16.0. The van der Waals surface area contributed by atoms with Crippen LogP contribution in [-0.2, 0) is 25.6 Å². The number of hydrogen-bond donors (Lipinski definition) is 3. The van der Waals surface area contributed by atoms with E-state index in [1.54, 1.807) is 24.3 Å². The smallest absolute Gasteiger partial charge is 0.250 e. The highest BCUT2D eigenvalue weighted by atomic mass is 35.5. The first-order valence-electron chi connectivity index (χ1n) is 10.8. The van der Waals surface area contributed by atoms with Crippen molar-refractivity contribution in [3.63, 3.8) is 0 Å². The number of hydrogen-bond acceptors (Lipinski definition) is 6. The number of benzene rings is 2. The molecule has 9 heteroatoms. The molecule has 33 heavy (non-hydrogen) atoms. The zero-order chi connectivity index (χ0) is 23.4. The molecule has 2 aromatic rings. The summed E-state index contributed by atoms with van der Waals surface area (Å²) < 4.78 is 16.9. The van der Waals surface area contributed by atoms with E-state index in [0.717, 1.165) is 11.1 Å². The van der Waals surface area contributed by atoms with Crippen molar-refractivity contribution < 1.29 is 28.9 Å². The van der Waals surface area contributed by atoms with Gasteiger partial charge in [0.25, 0.3) is 0 Å². The fourth-order valence-corrected chi connectivity index (χ4v) is 4.50. The average Bonchev–Trinajstić information content (AvgIpc) is 3.16. The zero-order valence-electron chi connectivity index (χ0n) is 18.3. The summed E-state index contributed by atoms with van der Waals surface area (Å²) in [5.41, 5.74) is 2.53. The third-order valence-electron chi connectivity index (χ3n) is 5.87. The molecule has 0 aliphatic carbocycles. The highest BCUT2D eigenvalue weighted by Crippen LogP contribution is 2.47. The molecule has 3 N–H and O–H groups in total. The number of carbonyl (C=O) groups is 2. The molecule has 0 unspecified atom stereocenters. The second-order valence-corrected chi connectivity index (χ2v) is 8.68. The molecule has 1 saturated heterocycles. The minimum Gasteiger partial charge on any atom is -0.487 e. The van der Waals surface area contributed by atoms with Gasteiger partial charge in [-0.3, -0.25) is 9.59 Å². The van der Waals surface area contributed by atoms with Crippen molar-refractivity contribution in [3.8, 4) is 5.75 Å². The maximum absolute atomic E-state index is 12.6. The lowest BCUT2D eigenvalue weighted by molar-refractivity contribution is -0.142. The van der Waals surface area contributed by atoms with Crippen LogP contribution in [0.3, 0.4) is 0 Å². The monoisotopic (exact) mass is 474 g/mol. The molecular weight excluding hydrogens is 448 g/mol. The summed E-state index contributed by atoms with van der Waals surface area (Å²) in [6.07, 6.45) is -0.514. The number of anilines is 1. The van der Waals surface area contributed by atoms with Crippen molar-refractivity contribution in [1.29, 1.82) is 0 Å². The second-order valence-electron chi connectivity index (χ2n) is 8.24. The van der Waals surface area contributed by atoms with Crippen LogP contribution in [0, 0.1) is 0 Å². The van der Waals surface area contributed by atoms with Crippen molar-refractivity contribution in [2.24, 2.45) is 0 Å². The lowest BCUT2D eigenvalue weighted by Crippen LogP contribution is -2.47. The average molecular weight is 475 g/mol. The lowest BCUT2D eigenvalue weighted by atomic mass is 9.84. The summed E-state index contributed by atoms with van der Waals surface area (Å²) in [5, 5.41) is 16.2. The van der Waals surface area contributed by atoms with Gasteiger partial charge in [-0.1, -0.05) is 23.7 Å². The maximum atomic E-state index is 12.6. The number of fused-ring (bicyclic) bond motifs is 3. The van der Waals surface area contributed by atoms with Crippen molar-refractivity contribution >= 4 is 29.1 Å². The van der Waals surface area contributed by atoms with E-state index in [1.807, 2.05) is 18.2 Å². The van der Waals surface area contributed by atoms with Gasteiger partial charge in [0.2, 0.25) is 11.8 Å². The molecule has 0 radical (unpaired) electrons. The first kappa shape index (κ1) is 23.5. The molecule has 4 rings (SSSR count). The Morgan fingerprint density at radius 1 is 1.18 bits per heavy atom. The van der Waals surface area contributed by atoms with Crippen LogP contribution >= 0.6 is 11.6 Å². The van der Waals surface area contributed by atoms with E-state index in [1.165, 1.54) is 7.11 Å². The molecular formula is C24H27ClN2O6. The molecule has 0 spiro atoms. The van der Waals surface area contributed by atoms with Gasteiger partial charge < -0.3 is 30.0 Å². The molecule has 2 heterocycles. The van der Waals surface area contributed by atoms with Crippen LogP contribution in [0.1, 0.15) is 29.9 Å².